The maximum atomic E-state index is 10.6. The van der Waals surface area contributed by atoms with Crippen LogP contribution in [-0.2, 0) is 9.53 Å². The van der Waals surface area contributed by atoms with E-state index < -0.39 is 5.97 Å². The number of ether oxygens (including phenoxy) is 1. The van der Waals surface area contributed by atoms with Crippen LogP contribution in [0.15, 0.2) is 0 Å². The molecule has 0 saturated carbocycles. The smallest absolute Gasteiger partial charge is 0.303 e. The first-order valence-corrected chi connectivity index (χ1v) is 5.61. The van der Waals surface area contributed by atoms with Gasteiger partial charge in [-0.25, -0.2) is 0 Å². The van der Waals surface area contributed by atoms with E-state index in [2.05, 4.69) is 18.7 Å². The highest BCUT2D eigenvalue weighted by Crippen LogP contribution is 2.20. The monoisotopic (exact) mass is 215 g/mol. The molecule has 0 aromatic rings. The number of morpholine rings is 1. The third kappa shape index (κ3) is 3.47. The van der Waals surface area contributed by atoms with Gasteiger partial charge in [-0.3, -0.25) is 9.69 Å². The summed E-state index contributed by atoms with van der Waals surface area (Å²) in [5.74, 6) is -0.725. The number of hydrogen-bond donors (Lipinski definition) is 1. The minimum absolute atomic E-state index is 0.139. The van der Waals surface area contributed by atoms with Gasteiger partial charge >= 0.3 is 5.97 Å². The Labute approximate surface area is 91.2 Å². The lowest BCUT2D eigenvalue weighted by atomic mass is 10.0. The van der Waals surface area contributed by atoms with Gasteiger partial charge in [-0.15, -0.1) is 0 Å². The van der Waals surface area contributed by atoms with Crippen LogP contribution in [0.3, 0.4) is 0 Å². The fourth-order valence-electron chi connectivity index (χ4n) is 2.20. The van der Waals surface area contributed by atoms with Crippen LogP contribution in [0, 0.1) is 0 Å². The molecule has 2 atom stereocenters. The van der Waals surface area contributed by atoms with E-state index in [4.69, 9.17) is 9.84 Å². The maximum absolute atomic E-state index is 10.6. The van der Waals surface area contributed by atoms with Crippen molar-refractivity contribution < 1.29 is 14.6 Å². The first-order chi connectivity index (χ1) is 7.02. The zero-order valence-corrected chi connectivity index (χ0v) is 9.77. The van der Waals surface area contributed by atoms with Crippen molar-refractivity contribution in [1.82, 2.24) is 4.90 Å². The molecule has 15 heavy (non-hydrogen) atoms. The quantitative estimate of drug-likeness (QED) is 0.769. The Morgan fingerprint density at radius 1 is 1.60 bits per heavy atom. The van der Waals surface area contributed by atoms with Crippen molar-refractivity contribution >= 4 is 5.97 Å². The summed E-state index contributed by atoms with van der Waals surface area (Å²) in [6.07, 6.45) is 1.04. The van der Waals surface area contributed by atoms with Crippen molar-refractivity contribution in [2.45, 2.75) is 51.8 Å². The maximum Gasteiger partial charge on any atom is 0.303 e. The summed E-state index contributed by atoms with van der Waals surface area (Å²) >= 11 is 0. The molecule has 4 heteroatoms. The fourth-order valence-corrected chi connectivity index (χ4v) is 2.20. The molecule has 0 amide bonds. The van der Waals surface area contributed by atoms with Crippen LogP contribution in [0.4, 0.5) is 0 Å². The van der Waals surface area contributed by atoms with Crippen molar-refractivity contribution in [1.29, 1.82) is 0 Å². The molecule has 1 saturated heterocycles. The third-order valence-electron chi connectivity index (χ3n) is 3.02. The Balaban J connectivity index is 2.56. The molecule has 1 N–H and O–H groups in total. The van der Waals surface area contributed by atoms with E-state index in [0.717, 1.165) is 13.2 Å². The van der Waals surface area contributed by atoms with E-state index in [1.165, 1.54) is 0 Å². The molecule has 0 radical (unpaired) electrons. The van der Waals surface area contributed by atoms with Gasteiger partial charge in [0.2, 0.25) is 0 Å². The Hall–Kier alpha value is -0.610. The Morgan fingerprint density at radius 2 is 2.27 bits per heavy atom. The van der Waals surface area contributed by atoms with Gasteiger partial charge in [0.05, 0.1) is 12.7 Å². The Morgan fingerprint density at radius 3 is 2.80 bits per heavy atom. The zero-order valence-electron chi connectivity index (χ0n) is 9.77. The van der Waals surface area contributed by atoms with Gasteiger partial charge < -0.3 is 9.84 Å². The summed E-state index contributed by atoms with van der Waals surface area (Å²) in [4.78, 5) is 12.9. The average molecular weight is 215 g/mol. The van der Waals surface area contributed by atoms with Crippen LogP contribution in [0.2, 0.25) is 0 Å². The molecule has 1 rings (SSSR count). The van der Waals surface area contributed by atoms with Crippen molar-refractivity contribution in [3.63, 3.8) is 0 Å². The van der Waals surface area contributed by atoms with Crippen LogP contribution in [-0.4, -0.2) is 47.3 Å². The number of nitrogens with zero attached hydrogens (tertiary/aromatic N) is 1. The lowest BCUT2D eigenvalue weighted by Gasteiger charge is -2.42. The van der Waals surface area contributed by atoms with Crippen molar-refractivity contribution in [3.8, 4) is 0 Å². The molecular weight excluding hydrogens is 194 g/mol. The minimum atomic E-state index is -0.725. The lowest BCUT2D eigenvalue weighted by Crippen LogP contribution is -2.53. The number of hydrogen-bond acceptors (Lipinski definition) is 3. The largest absolute Gasteiger partial charge is 0.481 e. The molecule has 1 heterocycles. The van der Waals surface area contributed by atoms with Gasteiger partial charge in [0, 0.05) is 25.0 Å². The molecule has 88 valence electrons. The second-order valence-electron chi connectivity index (χ2n) is 4.41. The Bertz CT molecular complexity index is 218. The highest BCUT2D eigenvalue weighted by atomic mass is 16.5. The van der Waals surface area contributed by atoms with Gasteiger partial charge in [0.15, 0.2) is 0 Å². The number of aliphatic carboxylic acids is 1. The summed E-state index contributed by atoms with van der Waals surface area (Å²) in [5, 5.41) is 8.70. The summed E-state index contributed by atoms with van der Waals surface area (Å²) in [6, 6.07) is 0.699. The van der Waals surface area contributed by atoms with E-state index >= 15 is 0 Å². The number of carboxylic acids is 1. The van der Waals surface area contributed by atoms with E-state index in [-0.39, 0.29) is 18.6 Å². The molecule has 1 aliphatic heterocycles. The molecule has 0 aromatic heterocycles. The molecule has 0 spiro atoms. The highest BCUT2D eigenvalue weighted by Gasteiger charge is 2.30. The number of carboxylic acid groups (broad SMARTS) is 1. The molecule has 1 fully saturated rings. The van der Waals surface area contributed by atoms with Gasteiger partial charge in [0.1, 0.15) is 0 Å². The summed E-state index contributed by atoms with van der Waals surface area (Å²) in [7, 11) is 0. The van der Waals surface area contributed by atoms with Crippen LogP contribution in [0.5, 0.6) is 0 Å². The van der Waals surface area contributed by atoms with Crippen molar-refractivity contribution in [2.75, 3.05) is 13.2 Å². The van der Waals surface area contributed by atoms with Crippen LogP contribution in [0.1, 0.15) is 33.6 Å². The van der Waals surface area contributed by atoms with Crippen LogP contribution < -0.4 is 0 Å². The SMILES string of the molecule is CC(C)N1CCO[C@@H](C)[C@@H]1CCC(=O)O. The molecule has 0 unspecified atom stereocenters. The number of rotatable bonds is 4. The second kappa shape index (κ2) is 5.47. The van der Waals surface area contributed by atoms with Crippen molar-refractivity contribution in [3.05, 3.63) is 0 Å². The topological polar surface area (TPSA) is 49.8 Å². The molecule has 4 nitrogen and oxygen atoms in total. The fraction of sp³-hybridized carbons (Fsp3) is 0.909. The van der Waals surface area contributed by atoms with Gasteiger partial charge in [-0.05, 0) is 27.2 Å². The Kier molecular flexibility index (Phi) is 4.54. The van der Waals surface area contributed by atoms with E-state index in [0.29, 0.717) is 12.5 Å². The number of carbonyl (C=O) groups is 1. The second-order valence-corrected chi connectivity index (χ2v) is 4.41. The van der Waals surface area contributed by atoms with Gasteiger partial charge in [-0.1, -0.05) is 0 Å². The van der Waals surface area contributed by atoms with E-state index in [9.17, 15) is 4.79 Å². The van der Waals surface area contributed by atoms with Gasteiger partial charge in [-0.2, -0.15) is 0 Å². The van der Waals surface area contributed by atoms with Crippen LogP contribution in [0.25, 0.3) is 0 Å². The minimum Gasteiger partial charge on any atom is -0.481 e. The summed E-state index contributed by atoms with van der Waals surface area (Å²) in [5.41, 5.74) is 0. The molecule has 0 aliphatic carbocycles. The van der Waals surface area contributed by atoms with E-state index in [1.54, 1.807) is 0 Å². The summed E-state index contributed by atoms with van der Waals surface area (Å²) < 4.78 is 5.57. The average Bonchev–Trinajstić information content (AvgIpc) is 2.15. The third-order valence-corrected chi connectivity index (χ3v) is 3.02. The predicted molar refractivity (Wildman–Crippen MR) is 57.9 cm³/mol. The molecule has 0 bridgehead atoms. The lowest BCUT2D eigenvalue weighted by molar-refractivity contribution is -0.138. The first-order valence-electron chi connectivity index (χ1n) is 5.61. The van der Waals surface area contributed by atoms with Gasteiger partial charge in [0.25, 0.3) is 0 Å². The summed E-state index contributed by atoms with van der Waals surface area (Å²) in [6.45, 7) is 7.98. The predicted octanol–water partition coefficient (Wildman–Crippen LogP) is 1.35. The zero-order chi connectivity index (χ0) is 11.4. The highest BCUT2D eigenvalue weighted by molar-refractivity contribution is 5.66. The molecule has 1 aliphatic rings. The normalized spacial score (nSPS) is 28.3. The standard InChI is InChI=1S/C11H21NO3/c1-8(2)12-6-7-15-9(3)10(12)4-5-11(13)14/h8-10H,4-7H2,1-3H3,(H,13,14)/t9-,10-/m0/s1. The van der Waals surface area contributed by atoms with E-state index in [1.807, 2.05) is 6.92 Å². The molecular formula is C11H21NO3. The molecule has 0 aromatic carbocycles. The first kappa shape index (κ1) is 12.5. The van der Waals surface area contributed by atoms with Crippen LogP contribution >= 0.6 is 0 Å². The van der Waals surface area contributed by atoms with Crippen molar-refractivity contribution in [2.24, 2.45) is 0 Å².